The average Bonchev–Trinajstić information content (AvgIpc) is 3.11. The van der Waals surface area contributed by atoms with E-state index >= 15 is 0 Å². The number of carboxylic acid groups (broad SMARTS) is 1. The normalized spacial score (nSPS) is 16.2. The van der Waals surface area contributed by atoms with Crippen LogP contribution in [-0.2, 0) is 20.7 Å². The minimum Gasteiger partial charge on any atom is -0.493 e. The Labute approximate surface area is 303 Å². The number of hydrogen-bond donors (Lipinski definition) is 3. The zero-order valence-corrected chi connectivity index (χ0v) is 31.2. The van der Waals surface area contributed by atoms with Crippen LogP contribution in [0.15, 0.2) is 60.7 Å². The molecule has 0 unspecified atom stereocenters. The largest absolute Gasteiger partial charge is 0.493 e. The topological polar surface area (TPSA) is 135 Å². The fraction of sp³-hybridized carbons (Fsp3) is 0.364. The number of amides is 2. The summed E-state index contributed by atoms with van der Waals surface area (Å²) in [5, 5.41) is 22.4. The van der Waals surface area contributed by atoms with Crippen LogP contribution < -0.4 is 19.7 Å². The molecule has 0 saturated carbocycles. The number of nitrogens with one attached hydrogen (secondary N) is 1. The van der Waals surface area contributed by atoms with Crippen LogP contribution in [-0.4, -0.2) is 68.0 Å². The molecule has 2 amide bonds. The zero-order valence-electron chi connectivity index (χ0n) is 25.7. The zero-order chi connectivity index (χ0) is 32.0. The Morgan fingerprint density at radius 3 is 2.38 bits per heavy atom. The molecule has 0 aromatic heterocycles. The second-order valence-corrected chi connectivity index (χ2v) is 11.8. The molecule has 1 heterocycles. The molecule has 0 aliphatic carbocycles. The van der Waals surface area contributed by atoms with Gasteiger partial charge >= 0.3 is 5.97 Å². The van der Waals surface area contributed by atoms with Gasteiger partial charge in [0.25, 0.3) is 5.91 Å². The van der Waals surface area contributed by atoms with Crippen molar-refractivity contribution in [2.24, 2.45) is 5.41 Å². The molecule has 10 nitrogen and oxygen atoms in total. The van der Waals surface area contributed by atoms with Crippen LogP contribution in [0.3, 0.4) is 0 Å². The van der Waals surface area contributed by atoms with Crippen LogP contribution in [0.2, 0.25) is 5.02 Å². The summed E-state index contributed by atoms with van der Waals surface area (Å²) in [4.78, 5) is 40.0. The van der Waals surface area contributed by atoms with Gasteiger partial charge in [0.15, 0.2) is 11.5 Å². The number of nitrogens with zero attached hydrogens (tertiary/aromatic N) is 1. The van der Waals surface area contributed by atoms with E-state index < -0.39 is 35.4 Å². The smallest absolute Gasteiger partial charge is 0.335 e. The third kappa shape index (κ3) is 8.99. The number of carbonyl (C=O) groups excluding carboxylic acids is 2. The van der Waals surface area contributed by atoms with Crippen molar-refractivity contribution < 1.29 is 82.9 Å². The SMILES string of the molecule is COc1cccc([C@H]2O[C@H](CC(=O)NCCc3ccc(C(=O)O)cc3)C(=O)N(CC(C)(C)CO)c3ccc(Cl)cc32)c1OC.[Ac]. The predicted molar refractivity (Wildman–Crippen MR) is 166 cm³/mol. The molecule has 4 rings (SSSR count). The number of carbonyl (C=O) groups is 3. The molecule has 0 bridgehead atoms. The van der Waals surface area contributed by atoms with Crippen molar-refractivity contribution in [2.75, 3.05) is 38.8 Å². The molecule has 0 saturated heterocycles. The number of anilines is 1. The maximum absolute atomic E-state index is 14.2. The van der Waals surface area contributed by atoms with Gasteiger partial charge in [-0.05, 0) is 48.4 Å². The summed E-state index contributed by atoms with van der Waals surface area (Å²) in [6, 6.07) is 16.9. The van der Waals surface area contributed by atoms with E-state index in [1.165, 1.54) is 26.4 Å². The van der Waals surface area contributed by atoms with Crippen molar-refractivity contribution in [3.8, 4) is 11.5 Å². The third-order valence-corrected chi connectivity index (χ3v) is 7.68. The Morgan fingerprint density at radius 2 is 1.76 bits per heavy atom. The van der Waals surface area contributed by atoms with E-state index in [9.17, 15) is 19.5 Å². The molecular formula is C33H37AcClN2O8. The van der Waals surface area contributed by atoms with Gasteiger partial charge in [-0.15, -0.1) is 0 Å². The maximum atomic E-state index is 14.2. The van der Waals surface area contributed by atoms with E-state index in [1.54, 1.807) is 53.4 Å². The Kier molecular flexibility index (Phi) is 13.3. The number of aromatic carboxylic acids is 1. The van der Waals surface area contributed by atoms with E-state index in [0.717, 1.165) is 5.56 Å². The number of carboxylic acids is 1. The van der Waals surface area contributed by atoms with Crippen LogP contribution in [0.1, 0.15) is 53.4 Å². The molecular weight excluding hydrogens is 815 g/mol. The molecule has 3 aromatic carbocycles. The van der Waals surface area contributed by atoms with E-state index in [2.05, 4.69) is 5.32 Å². The average molecular weight is 852 g/mol. The third-order valence-electron chi connectivity index (χ3n) is 7.44. The van der Waals surface area contributed by atoms with Crippen LogP contribution in [0, 0.1) is 49.5 Å². The summed E-state index contributed by atoms with van der Waals surface area (Å²) in [5.41, 5.74) is 2.10. The number of benzene rings is 3. The molecule has 0 fully saturated rings. The first-order chi connectivity index (χ1) is 21.0. The number of methoxy groups -OCH3 is 2. The van der Waals surface area contributed by atoms with Gasteiger partial charge in [-0.3, -0.25) is 9.59 Å². The maximum Gasteiger partial charge on any atom is 0.335 e. The first kappa shape index (κ1) is 36.8. The van der Waals surface area contributed by atoms with Gasteiger partial charge in [-0.1, -0.05) is 49.7 Å². The molecule has 2 atom stereocenters. The number of fused-ring (bicyclic) bond motifs is 1. The minimum absolute atomic E-state index is 0. The van der Waals surface area contributed by atoms with Crippen molar-refractivity contribution in [2.45, 2.75) is 38.9 Å². The molecule has 0 spiro atoms. The summed E-state index contributed by atoms with van der Waals surface area (Å²) in [6.07, 6.45) is -1.84. The van der Waals surface area contributed by atoms with Crippen LogP contribution in [0.5, 0.6) is 11.5 Å². The standard InChI is InChI=1S/C33H37ClN2O8.Ac/c1-33(2,19-37)18-36-25-13-12-22(34)16-24(25)29(23-6-5-7-26(42-3)30(23)43-4)44-27(31(36)39)17-28(38)35-15-14-20-8-10-21(11-9-20)32(40)41;/h5-13,16,27,29,37H,14-15,17-19H2,1-4H3,(H,35,38)(H,40,41);/t27-,29-;/m1./s1. The second kappa shape index (κ2) is 16.2. The van der Waals surface area contributed by atoms with E-state index in [4.69, 9.17) is 30.9 Å². The van der Waals surface area contributed by atoms with E-state index in [1.807, 2.05) is 13.8 Å². The minimum atomic E-state index is -1.19. The van der Waals surface area contributed by atoms with E-state index in [0.29, 0.717) is 39.8 Å². The molecule has 1 aliphatic heterocycles. The molecule has 1 aliphatic rings. The number of aliphatic hydroxyl groups is 1. The Bertz CT molecular complexity index is 1520. The second-order valence-electron chi connectivity index (χ2n) is 11.3. The van der Waals surface area contributed by atoms with Gasteiger partial charge in [0, 0.05) is 91.0 Å². The van der Waals surface area contributed by atoms with Crippen LogP contribution >= 0.6 is 11.6 Å². The fourth-order valence-electron chi connectivity index (χ4n) is 5.11. The first-order valence-corrected chi connectivity index (χ1v) is 14.5. The Hall–Kier alpha value is -2.68. The van der Waals surface area contributed by atoms with Crippen molar-refractivity contribution in [1.29, 1.82) is 0 Å². The number of aliphatic hydroxyl groups excluding tert-OH is 1. The molecule has 12 heteroatoms. The monoisotopic (exact) mass is 851 g/mol. The summed E-state index contributed by atoms with van der Waals surface area (Å²) in [7, 11) is 3.04. The van der Waals surface area contributed by atoms with Gasteiger partial charge < -0.3 is 34.6 Å². The van der Waals surface area contributed by atoms with Gasteiger partial charge in [0.05, 0.1) is 26.2 Å². The molecule has 237 valence electrons. The van der Waals surface area contributed by atoms with Crippen LogP contribution in [0.25, 0.3) is 0 Å². The fourth-order valence-corrected chi connectivity index (χ4v) is 5.29. The van der Waals surface area contributed by atoms with E-state index in [-0.39, 0.29) is 75.7 Å². The van der Waals surface area contributed by atoms with Gasteiger partial charge in [0.2, 0.25) is 5.91 Å². The number of para-hydroxylation sites is 1. The van der Waals surface area contributed by atoms with Gasteiger partial charge in [-0.2, -0.15) is 0 Å². The number of rotatable bonds is 12. The molecule has 3 aromatic rings. The quantitative estimate of drug-likeness (QED) is 0.240. The van der Waals surface area contributed by atoms with Crippen molar-refractivity contribution in [1.82, 2.24) is 5.32 Å². The first-order valence-electron chi connectivity index (χ1n) is 14.1. The van der Waals surface area contributed by atoms with Crippen molar-refractivity contribution >= 4 is 35.1 Å². The predicted octanol–water partition coefficient (Wildman–Crippen LogP) is 4.64. The Balaban J connectivity index is 0.00000552. The molecule has 1 radical (unpaired) electrons. The molecule has 3 N–H and O–H groups in total. The van der Waals surface area contributed by atoms with Crippen molar-refractivity contribution in [3.05, 3.63) is 87.9 Å². The summed E-state index contributed by atoms with van der Waals surface area (Å²) >= 11 is 6.46. The summed E-state index contributed by atoms with van der Waals surface area (Å²) in [6.45, 7) is 3.94. The number of hydrogen-bond acceptors (Lipinski definition) is 7. The molecule has 45 heavy (non-hydrogen) atoms. The summed E-state index contributed by atoms with van der Waals surface area (Å²) < 4.78 is 17.7. The Morgan fingerprint density at radius 1 is 1.04 bits per heavy atom. The van der Waals surface area contributed by atoms with Gasteiger partial charge in [-0.25, -0.2) is 4.79 Å². The summed E-state index contributed by atoms with van der Waals surface area (Å²) in [5.74, 6) is -0.953. The van der Waals surface area contributed by atoms with Crippen molar-refractivity contribution in [3.63, 3.8) is 0 Å². The van der Waals surface area contributed by atoms with Crippen LogP contribution in [0.4, 0.5) is 5.69 Å². The number of ether oxygens (including phenoxy) is 3. The van der Waals surface area contributed by atoms with Gasteiger partial charge in [0.1, 0.15) is 12.2 Å². The number of halogens is 1.